The first-order valence-corrected chi connectivity index (χ1v) is 6.73. The van der Waals surface area contributed by atoms with Crippen molar-refractivity contribution in [2.75, 3.05) is 5.73 Å². The molecule has 0 fully saturated rings. The molecule has 25 heavy (non-hydrogen) atoms. The van der Waals surface area contributed by atoms with Crippen molar-refractivity contribution >= 4 is 23.5 Å². The summed E-state index contributed by atoms with van der Waals surface area (Å²) in [6, 6.07) is 14.5. The number of aliphatic carboxylic acids is 1. The summed E-state index contributed by atoms with van der Waals surface area (Å²) in [5.41, 5.74) is 11.2. The zero-order valence-corrected chi connectivity index (χ0v) is 15.5. The molecule has 9 heteroatoms. The van der Waals surface area contributed by atoms with Gasteiger partial charge in [0.25, 0.3) is 5.91 Å². The molecule has 8 nitrogen and oxygen atoms in total. The van der Waals surface area contributed by atoms with Crippen LogP contribution in [0.1, 0.15) is 20.7 Å². The van der Waals surface area contributed by atoms with Gasteiger partial charge in [-0.25, -0.2) is 4.79 Å². The molecular formula is C16H16N3NaO5. The predicted octanol–water partition coefficient (Wildman–Crippen LogP) is -3.58. The average molecular weight is 353 g/mol. The number of amides is 1. The number of carbonyl (C=O) groups excluding carboxylic acids is 2. The summed E-state index contributed by atoms with van der Waals surface area (Å²) in [4.78, 5) is 31.8. The van der Waals surface area contributed by atoms with Crippen LogP contribution < -0.4 is 51.4 Å². The summed E-state index contributed by atoms with van der Waals surface area (Å²) in [6.45, 7) is 0. The van der Waals surface area contributed by atoms with E-state index in [2.05, 4.69) is 5.32 Å². The van der Waals surface area contributed by atoms with E-state index in [1.807, 2.05) is 0 Å². The van der Waals surface area contributed by atoms with E-state index < -0.39 is 24.0 Å². The van der Waals surface area contributed by atoms with Crippen molar-refractivity contribution in [3.63, 3.8) is 0 Å². The van der Waals surface area contributed by atoms with E-state index in [0.717, 1.165) is 0 Å². The van der Waals surface area contributed by atoms with Crippen molar-refractivity contribution < 1.29 is 54.2 Å². The minimum Gasteiger partial charge on any atom is -0.546 e. The number of carboxylic acids is 2. The molecule has 0 heterocycles. The van der Waals surface area contributed by atoms with Gasteiger partial charge in [-0.3, -0.25) is 4.79 Å². The maximum atomic E-state index is 11.3. The van der Waals surface area contributed by atoms with Crippen molar-refractivity contribution in [1.29, 1.82) is 0 Å². The van der Waals surface area contributed by atoms with Gasteiger partial charge in [0.05, 0.1) is 11.5 Å². The quantitative estimate of drug-likeness (QED) is 0.251. The first kappa shape index (κ1) is 22.6. The van der Waals surface area contributed by atoms with Crippen LogP contribution in [-0.4, -0.2) is 29.1 Å². The normalized spacial score (nSPS) is 10.3. The largest absolute Gasteiger partial charge is 1.00 e. The van der Waals surface area contributed by atoms with Gasteiger partial charge in [0.15, 0.2) is 0 Å². The molecule has 1 unspecified atom stereocenters. The van der Waals surface area contributed by atoms with E-state index in [9.17, 15) is 19.5 Å². The summed E-state index contributed by atoms with van der Waals surface area (Å²) in [5, 5.41) is 20.8. The smallest absolute Gasteiger partial charge is 0.546 e. The Bertz CT molecular complexity index is 725. The Morgan fingerprint density at radius 1 is 1.00 bits per heavy atom. The van der Waals surface area contributed by atoms with Crippen LogP contribution in [0.2, 0.25) is 0 Å². The number of aromatic carboxylic acids is 1. The molecule has 2 rings (SSSR count). The summed E-state index contributed by atoms with van der Waals surface area (Å²) in [5.74, 6) is -3.05. The van der Waals surface area contributed by atoms with Crippen LogP contribution in [0.25, 0.3) is 0 Å². The minimum absolute atomic E-state index is 0. The second-order valence-corrected chi connectivity index (χ2v) is 4.53. The number of carbonyl (C=O) groups is 3. The fraction of sp³-hybridized carbons (Fsp3) is 0.0625. The molecule has 0 saturated heterocycles. The SMILES string of the molecule is NC(NC(=O)c1ccccc1)C(=O)[O-].Nc1ccccc1C(=O)O.[Na+]. The van der Waals surface area contributed by atoms with E-state index >= 15 is 0 Å². The van der Waals surface area contributed by atoms with Gasteiger partial charge >= 0.3 is 35.5 Å². The van der Waals surface area contributed by atoms with Crippen LogP contribution >= 0.6 is 0 Å². The van der Waals surface area contributed by atoms with Crippen LogP contribution in [0, 0.1) is 0 Å². The Kier molecular flexibility index (Phi) is 10.1. The van der Waals surface area contributed by atoms with Crippen LogP contribution in [0.4, 0.5) is 5.69 Å². The molecule has 0 saturated carbocycles. The molecule has 0 radical (unpaired) electrons. The number of hydrogen-bond donors (Lipinski definition) is 4. The molecule has 0 aliphatic rings. The van der Waals surface area contributed by atoms with E-state index in [1.165, 1.54) is 6.07 Å². The van der Waals surface area contributed by atoms with E-state index in [-0.39, 0.29) is 35.1 Å². The monoisotopic (exact) mass is 353 g/mol. The Morgan fingerprint density at radius 3 is 1.96 bits per heavy atom. The average Bonchev–Trinajstić information content (AvgIpc) is 2.56. The summed E-state index contributed by atoms with van der Waals surface area (Å²) in [6.07, 6.45) is -1.48. The van der Waals surface area contributed by atoms with E-state index in [4.69, 9.17) is 16.6 Å². The van der Waals surface area contributed by atoms with Gasteiger partial charge < -0.3 is 31.8 Å². The molecule has 0 spiro atoms. The van der Waals surface area contributed by atoms with Crippen LogP contribution in [0.5, 0.6) is 0 Å². The van der Waals surface area contributed by atoms with Gasteiger partial charge in [0.1, 0.15) is 6.17 Å². The number of para-hydroxylation sites is 1. The third-order valence-electron chi connectivity index (χ3n) is 2.77. The van der Waals surface area contributed by atoms with Crippen molar-refractivity contribution in [2.24, 2.45) is 5.73 Å². The molecule has 2 aromatic carbocycles. The Labute approximate surface area is 166 Å². The minimum atomic E-state index is -1.52. The molecule has 0 aliphatic heterocycles. The fourth-order valence-electron chi connectivity index (χ4n) is 1.56. The maximum absolute atomic E-state index is 11.3. The first-order valence-electron chi connectivity index (χ1n) is 6.73. The number of benzene rings is 2. The van der Waals surface area contributed by atoms with Gasteiger partial charge in [0.2, 0.25) is 0 Å². The molecule has 126 valence electrons. The van der Waals surface area contributed by atoms with Gasteiger partial charge in [-0.05, 0) is 24.3 Å². The first-order chi connectivity index (χ1) is 11.3. The van der Waals surface area contributed by atoms with Crippen molar-refractivity contribution in [1.82, 2.24) is 5.32 Å². The molecule has 2 aromatic rings. The zero-order valence-electron chi connectivity index (χ0n) is 13.5. The number of rotatable bonds is 4. The molecule has 0 bridgehead atoms. The summed E-state index contributed by atoms with van der Waals surface area (Å²) >= 11 is 0. The van der Waals surface area contributed by atoms with Crippen molar-refractivity contribution in [2.45, 2.75) is 6.17 Å². The van der Waals surface area contributed by atoms with Crippen LogP contribution in [-0.2, 0) is 4.79 Å². The van der Waals surface area contributed by atoms with Gasteiger partial charge in [-0.1, -0.05) is 30.3 Å². The van der Waals surface area contributed by atoms with E-state index in [1.54, 1.807) is 48.5 Å². The second-order valence-electron chi connectivity index (χ2n) is 4.53. The van der Waals surface area contributed by atoms with Gasteiger partial charge in [-0.15, -0.1) is 0 Å². The summed E-state index contributed by atoms with van der Waals surface area (Å²) < 4.78 is 0. The van der Waals surface area contributed by atoms with Crippen molar-refractivity contribution in [3.8, 4) is 0 Å². The van der Waals surface area contributed by atoms with E-state index in [0.29, 0.717) is 11.3 Å². The summed E-state index contributed by atoms with van der Waals surface area (Å²) in [7, 11) is 0. The molecule has 6 N–H and O–H groups in total. The zero-order chi connectivity index (χ0) is 18.1. The fourth-order valence-corrected chi connectivity index (χ4v) is 1.56. The van der Waals surface area contributed by atoms with Crippen molar-refractivity contribution in [3.05, 3.63) is 65.7 Å². The number of nitrogens with two attached hydrogens (primary N) is 2. The predicted molar refractivity (Wildman–Crippen MR) is 84.7 cm³/mol. The Hall–Kier alpha value is -2.39. The number of hydrogen-bond acceptors (Lipinski definition) is 6. The number of nitrogen functional groups attached to an aromatic ring is 1. The maximum Gasteiger partial charge on any atom is 1.00 e. The number of carboxylic acid groups (broad SMARTS) is 2. The Balaban J connectivity index is 0.000000465. The standard InChI is InChI=1S/C9H10N2O3.C7H7NO2.Na/c10-7(9(13)14)11-8(12)6-4-2-1-3-5-6;8-6-4-2-1-3-5(6)7(9)10;/h1-5,7H,10H2,(H,11,12)(H,13,14);1-4H,8H2,(H,9,10);/q;;+1/p-1. The number of anilines is 1. The van der Waals surface area contributed by atoms with Crippen LogP contribution in [0.3, 0.4) is 0 Å². The topological polar surface area (TPSA) is 159 Å². The third kappa shape index (κ3) is 7.81. The molecule has 1 atom stereocenters. The number of nitrogens with one attached hydrogen (secondary N) is 1. The van der Waals surface area contributed by atoms with Gasteiger partial charge in [-0.2, -0.15) is 0 Å². The van der Waals surface area contributed by atoms with Crippen LogP contribution in [0.15, 0.2) is 54.6 Å². The second kappa shape index (κ2) is 11.2. The van der Waals surface area contributed by atoms with Gasteiger partial charge in [0, 0.05) is 11.3 Å². The molecule has 1 amide bonds. The molecule has 0 aliphatic carbocycles. The third-order valence-corrected chi connectivity index (χ3v) is 2.77. The molecular weight excluding hydrogens is 337 g/mol. The molecule has 0 aromatic heterocycles. The Morgan fingerprint density at radius 2 is 1.52 bits per heavy atom.